The second-order valence-corrected chi connectivity index (χ2v) is 2.26. The topological polar surface area (TPSA) is 33.0 Å². The van der Waals surface area contributed by atoms with Crippen LogP contribution in [-0.4, -0.2) is 13.2 Å². The minimum atomic E-state index is 0.483. The molecule has 0 aliphatic carbocycles. The van der Waals surface area contributed by atoms with Crippen molar-refractivity contribution in [2.45, 2.75) is 26.2 Å². The van der Waals surface area contributed by atoms with E-state index in [1.165, 1.54) is 6.42 Å². The Morgan fingerprint density at radius 2 is 2.27 bits per heavy atom. The van der Waals surface area contributed by atoms with E-state index in [2.05, 4.69) is 6.92 Å². The molecule has 0 aromatic carbocycles. The predicted molar refractivity (Wildman–Crippen MR) is 45.1 cm³/mol. The Morgan fingerprint density at radius 3 is 2.91 bits per heavy atom. The smallest absolute Gasteiger partial charge is 0.0663 e. The lowest BCUT2D eigenvalue weighted by molar-refractivity contribution is 0.159. The molecule has 62 valence electrons. The fraction of sp³-hybridized carbons (Fsp3) is 0.667. The Bertz CT molecular complexity index is 135. The van der Waals surface area contributed by atoms with E-state index in [4.69, 9.17) is 10.00 Å². The van der Waals surface area contributed by atoms with Gasteiger partial charge in [0, 0.05) is 6.61 Å². The first kappa shape index (κ1) is 10.2. The molecule has 0 radical (unpaired) electrons. The molecule has 0 saturated carbocycles. The van der Waals surface area contributed by atoms with E-state index in [9.17, 15) is 0 Å². The first-order valence-corrected chi connectivity index (χ1v) is 4.01. The van der Waals surface area contributed by atoms with Gasteiger partial charge in [0.15, 0.2) is 0 Å². The highest BCUT2D eigenvalue weighted by molar-refractivity contribution is 4.90. The molecule has 0 amide bonds. The maximum absolute atomic E-state index is 8.16. The molecule has 0 aliphatic rings. The van der Waals surface area contributed by atoms with Crippen LogP contribution in [0.3, 0.4) is 0 Å². The molecule has 2 heteroatoms. The van der Waals surface area contributed by atoms with E-state index in [0.29, 0.717) is 13.0 Å². The number of allylic oxidation sites excluding steroid dienone is 1. The number of hydrogen-bond donors (Lipinski definition) is 0. The van der Waals surface area contributed by atoms with Crippen LogP contribution >= 0.6 is 0 Å². The lowest BCUT2D eigenvalue weighted by Crippen LogP contribution is -1.92. The lowest BCUT2D eigenvalue weighted by atomic mass is 10.4. The monoisotopic (exact) mass is 153 g/mol. The van der Waals surface area contributed by atoms with Crippen LogP contribution in [0.15, 0.2) is 12.2 Å². The third-order valence-corrected chi connectivity index (χ3v) is 1.23. The lowest BCUT2D eigenvalue weighted by Gasteiger charge is -1.96. The fourth-order valence-electron chi connectivity index (χ4n) is 0.602. The summed E-state index contributed by atoms with van der Waals surface area (Å²) < 4.78 is 5.22. The summed E-state index contributed by atoms with van der Waals surface area (Å²) >= 11 is 0. The van der Waals surface area contributed by atoms with Gasteiger partial charge in [-0.15, -0.1) is 0 Å². The van der Waals surface area contributed by atoms with Crippen LogP contribution in [0, 0.1) is 11.3 Å². The first-order chi connectivity index (χ1) is 5.41. The predicted octanol–water partition coefficient (Wildman–Crippen LogP) is 2.27. The summed E-state index contributed by atoms with van der Waals surface area (Å²) in [4.78, 5) is 0. The molecule has 0 heterocycles. The fourth-order valence-corrected chi connectivity index (χ4v) is 0.602. The Balaban J connectivity index is 2.96. The zero-order valence-corrected chi connectivity index (χ0v) is 7.05. The van der Waals surface area contributed by atoms with Gasteiger partial charge in [-0.3, -0.25) is 0 Å². The van der Waals surface area contributed by atoms with Crippen molar-refractivity contribution in [1.82, 2.24) is 0 Å². The van der Waals surface area contributed by atoms with Crippen LogP contribution in [0.5, 0.6) is 0 Å². The molecular formula is C9H15NO. The summed E-state index contributed by atoms with van der Waals surface area (Å²) in [7, 11) is 0. The Kier molecular flexibility index (Phi) is 8.51. The van der Waals surface area contributed by atoms with Gasteiger partial charge in [-0.1, -0.05) is 25.5 Å². The average Bonchev–Trinajstić information content (AvgIpc) is 2.03. The Hall–Kier alpha value is -0.810. The van der Waals surface area contributed by atoms with Crippen LogP contribution in [0.1, 0.15) is 26.2 Å². The minimum Gasteiger partial charge on any atom is -0.377 e. The zero-order valence-electron chi connectivity index (χ0n) is 7.05. The van der Waals surface area contributed by atoms with E-state index < -0.39 is 0 Å². The summed E-state index contributed by atoms with van der Waals surface area (Å²) in [5.41, 5.74) is 0. The van der Waals surface area contributed by atoms with Gasteiger partial charge in [-0.05, 0) is 6.42 Å². The maximum atomic E-state index is 8.16. The van der Waals surface area contributed by atoms with Gasteiger partial charge in [0.25, 0.3) is 0 Å². The van der Waals surface area contributed by atoms with Crippen molar-refractivity contribution < 1.29 is 4.74 Å². The van der Waals surface area contributed by atoms with Crippen molar-refractivity contribution in [3.63, 3.8) is 0 Å². The van der Waals surface area contributed by atoms with Crippen molar-refractivity contribution in [2.24, 2.45) is 0 Å². The molecule has 0 unspecified atom stereocenters. The second-order valence-electron chi connectivity index (χ2n) is 2.26. The molecule has 0 N–H and O–H groups in total. The highest BCUT2D eigenvalue weighted by Crippen LogP contribution is 1.88. The van der Waals surface area contributed by atoms with Gasteiger partial charge in [-0.25, -0.2) is 0 Å². The summed E-state index contributed by atoms with van der Waals surface area (Å²) in [5.74, 6) is 0. The molecule has 0 bridgehead atoms. The normalized spacial score (nSPS) is 10.2. The Labute approximate surface area is 68.5 Å². The summed E-state index contributed by atoms with van der Waals surface area (Å²) in [6.07, 6.45) is 6.48. The summed E-state index contributed by atoms with van der Waals surface area (Å²) in [5, 5.41) is 8.16. The maximum Gasteiger partial charge on any atom is 0.0663 e. The molecular weight excluding hydrogens is 138 g/mol. The van der Waals surface area contributed by atoms with Crippen LogP contribution in [0.4, 0.5) is 0 Å². The van der Waals surface area contributed by atoms with E-state index in [0.717, 1.165) is 13.0 Å². The number of ether oxygens (including phenoxy) is 1. The zero-order chi connectivity index (χ0) is 8.36. The van der Waals surface area contributed by atoms with Crippen molar-refractivity contribution >= 4 is 0 Å². The van der Waals surface area contributed by atoms with Gasteiger partial charge >= 0.3 is 0 Å². The highest BCUT2D eigenvalue weighted by atomic mass is 16.5. The Morgan fingerprint density at radius 1 is 1.45 bits per heavy atom. The van der Waals surface area contributed by atoms with E-state index in [-0.39, 0.29) is 0 Å². The third-order valence-electron chi connectivity index (χ3n) is 1.23. The standard InChI is InChI=1S/C9H15NO/c1-2-3-8-11-9-6-4-5-7-10/h4,6H,2-3,5,8-9H2,1H3. The molecule has 0 atom stereocenters. The van der Waals surface area contributed by atoms with Gasteiger partial charge in [0.1, 0.15) is 0 Å². The molecule has 11 heavy (non-hydrogen) atoms. The van der Waals surface area contributed by atoms with Gasteiger partial charge in [0.05, 0.1) is 19.1 Å². The first-order valence-electron chi connectivity index (χ1n) is 4.01. The van der Waals surface area contributed by atoms with Gasteiger partial charge in [-0.2, -0.15) is 5.26 Å². The largest absolute Gasteiger partial charge is 0.377 e. The molecule has 0 rings (SSSR count). The molecule has 0 fully saturated rings. The SMILES string of the molecule is CCCCOCC=CCC#N. The molecule has 0 saturated heterocycles. The minimum absolute atomic E-state index is 0.483. The number of hydrogen-bond acceptors (Lipinski definition) is 2. The molecule has 0 aliphatic heterocycles. The second kappa shape index (κ2) is 9.19. The third kappa shape index (κ3) is 9.19. The number of rotatable bonds is 6. The summed E-state index contributed by atoms with van der Waals surface area (Å²) in [6.45, 7) is 3.60. The molecule has 2 nitrogen and oxygen atoms in total. The number of unbranched alkanes of at least 4 members (excludes halogenated alkanes) is 1. The van der Waals surface area contributed by atoms with Crippen LogP contribution in [0.2, 0.25) is 0 Å². The van der Waals surface area contributed by atoms with Crippen LogP contribution in [-0.2, 0) is 4.74 Å². The van der Waals surface area contributed by atoms with Crippen molar-refractivity contribution in [3.8, 4) is 6.07 Å². The van der Waals surface area contributed by atoms with Crippen LogP contribution < -0.4 is 0 Å². The molecule has 0 spiro atoms. The van der Waals surface area contributed by atoms with Gasteiger partial charge in [0.2, 0.25) is 0 Å². The number of nitrogens with zero attached hydrogens (tertiary/aromatic N) is 1. The quantitative estimate of drug-likeness (QED) is 0.433. The van der Waals surface area contributed by atoms with E-state index in [1.54, 1.807) is 0 Å². The van der Waals surface area contributed by atoms with Crippen LogP contribution in [0.25, 0.3) is 0 Å². The van der Waals surface area contributed by atoms with Gasteiger partial charge < -0.3 is 4.74 Å². The van der Waals surface area contributed by atoms with E-state index in [1.807, 2.05) is 18.2 Å². The van der Waals surface area contributed by atoms with Crippen molar-refractivity contribution in [2.75, 3.05) is 13.2 Å². The highest BCUT2D eigenvalue weighted by Gasteiger charge is 1.81. The molecule has 0 aromatic heterocycles. The van der Waals surface area contributed by atoms with E-state index >= 15 is 0 Å². The van der Waals surface area contributed by atoms with Crippen molar-refractivity contribution in [3.05, 3.63) is 12.2 Å². The average molecular weight is 153 g/mol. The summed E-state index contributed by atoms with van der Waals surface area (Å²) in [6, 6.07) is 2.03. The molecule has 0 aromatic rings. The number of nitriles is 1. The van der Waals surface area contributed by atoms with Crippen molar-refractivity contribution in [1.29, 1.82) is 5.26 Å².